The molecule has 0 spiro atoms. The van der Waals surface area contributed by atoms with E-state index in [0.717, 1.165) is 38.5 Å². The maximum atomic E-state index is 11.6. The second-order valence-electron chi connectivity index (χ2n) is 4.42. The topological polar surface area (TPSA) is 60.3 Å². The largest absolute Gasteiger partial charge is 0.273 e. The van der Waals surface area contributed by atoms with E-state index in [2.05, 4.69) is 10.9 Å². The van der Waals surface area contributed by atoms with Crippen LogP contribution in [0.4, 0.5) is 0 Å². The molecule has 0 atom stereocenters. The Balaban J connectivity index is 2.15. The Hall–Kier alpha value is -1.06. The first-order valence-corrected chi connectivity index (χ1v) is 6.27. The number of unbranched alkanes of at least 4 members (excludes halogenated alkanes) is 1. The van der Waals surface area contributed by atoms with E-state index in [1.807, 2.05) is 6.92 Å². The van der Waals surface area contributed by atoms with Crippen molar-refractivity contribution in [1.29, 1.82) is 0 Å². The second kappa shape index (κ2) is 7.25. The molecule has 1 saturated carbocycles. The van der Waals surface area contributed by atoms with Crippen LogP contribution in [0.15, 0.2) is 0 Å². The highest BCUT2D eigenvalue weighted by Gasteiger charge is 2.21. The molecule has 1 rings (SSSR count). The first kappa shape index (κ1) is 13.0. The van der Waals surface area contributed by atoms with Crippen LogP contribution in [0.5, 0.6) is 0 Å². The Morgan fingerprint density at radius 1 is 1.25 bits per heavy atom. The summed E-state index contributed by atoms with van der Waals surface area (Å²) in [5, 5.41) is 0. The minimum atomic E-state index is -0.217. The average Bonchev–Trinajstić information content (AvgIpc) is 2.34. The molecule has 1 radical (unpaired) electrons. The zero-order valence-corrected chi connectivity index (χ0v) is 10.00. The molecular formula is C12H21N2O2. The minimum absolute atomic E-state index is 0.0662. The number of hydrogen-bond donors (Lipinski definition) is 1. The van der Waals surface area contributed by atoms with Crippen LogP contribution in [-0.4, -0.2) is 11.8 Å². The predicted octanol–water partition coefficient (Wildman–Crippen LogP) is 1.92. The Labute approximate surface area is 97.1 Å². The van der Waals surface area contributed by atoms with Gasteiger partial charge in [-0.2, -0.15) is 0 Å². The van der Waals surface area contributed by atoms with Gasteiger partial charge in [0.2, 0.25) is 5.91 Å². The van der Waals surface area contributed by atoms with Gasteiger partial charge >= 0.3 is 0 Å². The van der Waals surface area contributed by atoms with Crippen molar-refractivity contribution in [2.45, 2.75) is 58.3 Å². The first-order valence-electron chi connectivity index (χ1n) is 6.27. The zero-order valence-electron chi connectivity index (χ0n) is 10.00. The summed E-state index contributed by atoms with van der Waals surface area (Å²) in [5.41, 5.74) is 6.00. The van der Waals surface area contributed by atoms with Crippen molar-refractivity contribution in [3.63, 3.8) is 0 Å². The first-order chi connectivity index (χ1) is 7.74. The number of nitrogens with zero attached hydrogens (tertiary/aromatic N) is 1. The van der Waals surface area contributed by atoms with E-state index < -0.39 is 0 Å². The van der Waals surface area contributed by atoms with Crippen LogP contribution in [0.3, 0.4) is 0 Å². The molecule has 0 saturated heterocycles. The predicted molar refractivity (Wildman–Crippen MR) is 61.4 cm³/mol. The molecule has 0 aliphatic heterocycles. The van der Waals surface area contributed by atoms with Crippen LogP contribution in [-0.2, 0) is 9.59 Å². The fourth-order valence-electron chi connectivity index (χ4n) is 1.96. The SMILES string of the molecule is CCCCC(=O)[N]NC(=O)C1CCCCC1. The number of hydrogen-bond acceptors (Lipinski definition) is 2. The third-order valence-electron chi connectivity index (χ3n) is 3.01. The fraction of sp³-hybridized carbons (Fsp3) is 0.833. The van der Waals surface area contributed by atoms with E-state index in [-0.39, 0.29) is 17.7 Å². The lowest BCUT2D eigenvalue weighted by Crippen LogP contribution is -2.39. The summed E-state index contributed by atoms with van der Waals surface area (Å²) in [4.78, 5) is 22.8. The number of amides is 2. The van der Waals surface area contributed by atoms with Crippen LogP contribution < -0.4 is 10.9 Å². The lowest BCUT2D eigenvalue weighted by molar-refractivity contribution is -0.132. The maximum Gasteiger partial charge on any atom is 0.262 e. The fourth-order valence-corrected chi connectivity index (χ4v) is 1.96. The summed E-state index contributed by atoms with van der Waals surface area (Å²) in [6.45, 7) is 2.02. The van der Waals surface area contributed by atoms with E-state index in [9.17, 15) is 9.59 Å². The molecule has 1 fully saturated rings. The Morgan fingerprint density at radius 3 is 2.56 bits per heavy atom. The molecule has 0 bridgehead atoms. The van der Waals surface area contributed by atoms with Gasteiger partial charge < -0.3 is 0 Å². The second-order valence-corrected chi connectivity index (χ2v) is 4.42. The quantitative estimate of drug-likeness (QED) is 0.743. The minimum Gasteiger partial charge on any atom is -0.273 e. The molecule has 0 heterocycles. The summed E-state index contributed by atoms with van der Waals surface area (Å²) >= 11 is 0. The number of carbonyl (C=O) groups is 2. The molecule has 4 nitrogen and oxygen atoms in total. The average molecular weight is 225 g/mol. The van der Waals surface area contributed by atoms with E-state index in [1.165, 1.54) is 6.42 Å². The van der Waals surface area contributed by atoms with Crippen molar-refractivity contribution < 1.29 is 9.59 Å². The van der Waals surface area contributed by atoms with Crippen LogP contribution in [0, 0.1) is 5.92 Å². The zero-order chi connectivity index (χ0) is 11.8. The van der Waals surface area contributed by atoms with Gasteiger partial charge in [-0.3, -0.25) is 9.59 Å². The molecule has 91 valence electrons. The molecular weight excluding hydrogens is 204 g/mol. The van der Waals surface area contributed by atoms with Gasteiger partial charge in [-0.1, -0.05) is 32.6 Å². The lowest BCUT2D eigenvalue weighted by Gasteiger charge is -2.19. The van der Waals surface area contributed by atoms with Crippen molar-refractivity contribution in [1.82, 2.24) is 10.9 Å². The molecule has 0 aromatic rings. The molecule has 1 aliphatic rings. The van der Waals surface area contributed by atoms with Gasteiger partial charge in [-0.05, 0) is 19.3 Å². The monoisotopic (exact) mass is 225 g/mol. The highest BCUT2D eigenvalue weighted by Crippen LogP contribution is 2.23. The van der Waals surface area contributed by atoms with Crippen molar-refractivity contribution in [2.75, 3.05) is 0 Å². The molecule has 0 aromatic carbocycles. The summed E-state index contributed by atoms with van der Waals surface area (Å²) < 4.78 is 0. The highest BCUT2D eigenvalue weighted by molar-refractivity contribution is 5.83. The van der Waals surface area contributed by atoms with Gasteiger partial charge in [0.15, 0.2) is 0 Å². The maximum absolute atomic E-state index is 11.6. The van der Waals surface area contributed by atoms with Crippen molar-refractivity contribution in [3.8, 4) is 0 Å². The third kappa shape index (κ3) is 4.64. The smallest absolute Gasteiger partial charge is 0.262 e. The van der Waals surface area contributed by atoms with E-state index in [1.54, 1.807) is 0 Å². The van der Waals surface area contributed by atoms with Crippen molar-refractivity contribution in [2.24, 2.45) is 5.92 Å². The van der Waals surface area contributed by atoms with Gasteiger partial charge in [0.1, 0.15) is 0 Å². The third-order valence-corrected chi connectivity index (χ3v) is 3.01. The Kier molecular flexibility index (Phi) is 5.90. The molecule has 0 unspecified atom stereocenters. The molecule has 2 amide bonds. The lowest BCUT2D eigenvalue weighted by atomic mass is 9.89. The number of carbonyl (C=O) groups excluding carboxylic acids is 2. The van der Waals surface area contributed by atoms with Gasteiger partial charge in [-0.15, -0.1) is 5.43 Å². The van der Waals surface area contributed by atoms with Gasteiger partial charge in [0.05, 0.1) is 0 Å². The van der Waals surface area contributed by atoms with E-state index in [4.69, 9.17) is 0 Å². The van der Waals surface area contributed by atoms with Crippen molar-refractivity contribution >= 4 is 11.8 Å². The summed E-state index contributed by atoms with van der Waals surface area (Å²) in [5.74, 6) is -0.230. The van der Waals surface area contributed by atoms with Gasteiger partial charge in [-0.25, -0.2) is 5.43 Å². The summed E-state index contributed by atoms with van der Waals surface area (Å²) in [7, 11) is 0. The Morgan fingerprint density at radius 2 is 1.94 bits per heavy atom. The standard InChI is InChI=1S/C12H21N2O2/c1-2-3-9-11(15)13-14-12(16)10-7-5-4-6-8-10/h10H,2-9H2,1H3,(H,14,16). The molecule has 1 aliphatic carbocycles. The molecule has 1 N–H and O–H groups in total. The summed E-state index contributed by atoms with van der Waals surface area (Å²) in [6, 6.07) is 0. The van der Waals surface area contributed by atoms with Crippen molar-refractivity contribution in [3.05, 3.63) is 0 Å². The molecule has 0 aromatic heterocycles. The highest BCUT2D eigenvalue weighted by atomic mass is 16.2. The van der Waals surface area contributed by atoms with Crippen LogP contribution in [0.1, 0.15) is 58.3 Å². The number of rotatable bonds is 4. The Bertz CT molecular complexity index is 235. The van der Waals surface area contributed by atoms with Crippen LogP contribution in [0.2, 0.25) is 0 Å². The van der Waals surface area contributed by atoms with E-state index in [0.29, 0.717) is 6.42 Å². The van der Waals surface area contributed by atoms with E-state index >= 15 is 0 Å². The molecule has 16 heavy (non-hydrogen) atoms. The van der Waals surface area contributed by atoms with Gasteiger partial charge in [0.25, 0.3) is 5.91 Å². The number of nitrogens with one attached hydrogen (secondary N) is 1. The van der Waals surface area contributed by atoms with Crippen LogP contribution in [0.25, 0.3) is 0 Å². The molecule has 4 heteroatoms. The summed E-state index contributed by atoms with van der Waals surface area (Å²) in [6.07, 6.45) is 7.55. The normalized spacial score (nSPS) is 16.8. The van der Waals surface area contributed by atoms with Gasteiger partial charge in [0, 0.05) is 12.3 Å². The van der Waals surface area contributed by atoms with Crippen LogP contribution >= 0.6 is 0 Å².